The first-order chi connectivity index (χ1) is 20.1. The normalized spacial score (nSPS) is 21.3. The van der Waals surface area contributed by atoms with Crippen LogP contribution in [0.15, 0.2) is 48.7 Å². The van der Waals surface area contributed by atoms with Gasteiger partial charge in [0.15, 0.2) is 0 Å². The van der Waals surface area contributed by atoms with Gasteiger partial charge in [-0.15, -0.1) is 0 Å². The van der Waals surface area contributed by atoms with E-state index in [9.17, 15) is 23.1 Å². The molecule has 3 atom stereocenters. The summed E-state index contributed by atoms with van der Waals surface area (Å²) in [5, 5.41) is 9.72. The SMILES string of the molecule is COc1cc(-c2ccc(C3CCc4ccc([C@H](C5CC5)[C@H](C)C(=O)O)cc4O3)cc2CN2CCC(F)(F)C2)c(F)cn1. The number of alkyl halides is 2. The van der Waals surface area contributed by atoms with Gasteiger partial charge in [-0.25, -0.2) is 18.2 Å². The lowest BCUT2D eigenvalue weighted by Crippen LogP contribution is -2.25. The van der Waals surface area contributed by atoms with Crippen LogP contribution in [0.1, 0.15) is 66.9 Å². The van der Waals surface area contributed by atoms with Crippen LogP contribution < -0.4 is 9.47 Å². The zero-order chi connectivity index (χ0) is 29.6. The van der Waals surface area contributed by atoms with Crippen molar-refractivity contribution in [1.29, 1.82) is 0 Å². The number of aliphatic carboxylic acids is 1. The van der Waals surface area contributed by atoms with Crippen molar-refractivity contribution >= 4 is 5.97 Å². The zero-order valence-electron chi connectivity index (χ0n) is 23.8. The minimum absolute atomic E-state index is 0.0616. The number of benzene rings is 2. The summed E-state index contributed by atoms with van der Waals surface area (Å²) in [5.74, 6) is -3.23. The molecule has 1 saturated carbocycles. The van der Waals surface area contributed by atoms with Gasteiger partial charge in [-0.2, -0.15) is 0 Å². The van der Waals surface area contributed by atoms with Crippen molar-refractivity contribution in [3.8, 4) is 22.8 Å². The number of rotatable bonds is 9. The Bertz CT molecular complexity index is 1490. The molecule has 0 radical (unpaired) electrons. The number of ether oxygens (including phenoxy) is 2. The minimum Gasteiger partial charge on any atom is -0.485 e. The molecule has 0 spiro atoms. The van der Waals surface area contributed by atoms with Crippen LogP contribution in [-0.4, -0.2) is 47.1 Å². The minimum atomic E-state index is -2.74. The van der Waals surface area contributed by atoms with Gasteiger partial charge in [-0.05, 0) is 71.4 Å². The van der Waals surface area contributed by atoms with E-state index in [1.165, 1.54) is 13.2 Å². The highest BCUT2D eigenvalue weighted by Crippen LogP contribution is 2.48. The summed E-state index contributed by atoms with van der Waals surface area (Å²) < 4.78 is 54.8. The number of pyridine rings is 1. The van der Waals surface area contributed by atoms with Gasteiger partial charge in [-0.1, -0.05) is 37.3 Å². The molecular formula is C33H35F3N2O4. The Kier molecular flexibility index (Phi) is 7.64. The summed E-state index contributed by atoms with van der Waals surface area (Å²) in [5.41, 5.74) is 4.57. The van der Waals surface area contributed by atoms with Gasteiger partial charge in [0.25, 0.3) is 5.92 Å². The number of carbonyl (C=O) groups is 1. The number of hydrogen-bond acceptors (Lipinski definition) is 5. The third kappa shape index (κ3) is 5.84. The Morgan fingerprint density at radius 1 is 1.17 bits per heavy atom. The highest BCUT2D eigenvalue weighted by atomic mass is 19.3. The summed E-state index contributed by atoms with van der Waals surface area (Å²) >= 11 is 0. The van der Waals surface area contributed by atoms with Gasteiger partial charge in [0, 0.05) is 31.1 Å². The van der Waals surface area contributed by atoms with Crippen LogP contribution in [-0.2, 0) is 17.8 Å². The molecule has 9 heteroatoms. The van der Waals surface area contributed by atoms with E-state index in [1.54, 1.807) is 11.8 Å². The lowest BCUT2D eigenvalue weighted by molar-refractivity contribution is -0.142. The van der Waals surface area contributed by atoms with Crippen LogP contribution in [0, 0.1) is 17.7 Å². The van der Waals surface area contributed by atoms with Crippen molar-refractivity contribution in [2.24, 2.45) is 11.8 Å². The number of aromatic nitrogens is 1. The lowest BCUT2D eigenvalue weighted by atomic mass is 9.82. The molecule has 1 aromatic heterocycles. The van der Waals surface area contributed by atoms with Crippen LogP contribution >= 0.6 is 0 Å². The summed E-state index contributed by atoms with van der Waals surface area (Å²) in [6.07, 6.45) is 4.20. The molecule has 3 heterocycles. The molecule has 2 fully saturated rings. The largest absolute Gasteiger partial charge is 0.485 e. The van der Waals surface area contributed by atoms with Crippen LogP contribution in [0.5, 0.6) is 11.6 Å². The van der Waals surface area contributed by atoms with E-state index in [-0.39, 0.29) is 44.0 Å². The Morgan fingerprint density at radius 3 is 2.67 bits per heavy atom. The first kappa shape index (κ1) is 28.5. The average molecular weight is 581 g/mol. The standard InChI is InChI=1S/C33H35F3N2O4/c1-19(32(39)40)31(21-4-5-21)23-6-3-20-8-10-28(42-29(20)14-23)22-7-9-25(26-15-30(41-2)37-16-27(26)34)24(13-22)17-38-12-11-33(35,36)18-38/h3,6-7,9,13-16,19,21,28,31H,4-5,8,10-12,17-18H2,1-2H3,(H,39,40)/t19-,28?,31-/m0/s1. The fraction of sp³-hybridized carbons (Fsp3) is 0.455. The number of carboxylic acids is 1. The molecule has 2 aliphatic heterocycles. The van der Waals surface area contributed by atoms with Crippen molar-refractivity contribution < 1.29 is 32.5 Å². The molecule has 3 aliphatic rings. The van der Waals surface area contributed by atoms with Crippen LogP contribution in [0.2, 0.25) is 0 Å². The van der Waals surface area contributed by atoms with Gasteiger partial charge in [0.2, 0.25) is 5.88 Å². The van der Waals surface area contributed by atoms with E-state index >= 15 is 0 Å². The van der Waals surface area contributed by atoms with E-state index < -0.39 is 23.6 Å². The van der Waals surface area contributed by atoms with E-state index in [0.717, 1.165) is 59.9 Å². The predicted octanol–water partition coefficient (Wildman–Crippen LogP) is 7.02. The third-order valence-electron chi connectivity index (χ3n) is 8.95. The van der Waals surface area contributed by atoms with Crippen molar-refractivity contribution in [3.05, 3.63) is 76.7 Å². The maximum Gasteiger partial charge on any atom is 0.306 e. The van der Waals surface area contributed by atoms with Gasteiger partial charge < -0.3 is 14.6 Å². The van der Waals surface area contributed by atoms with Crippen molar-refractivity contribution in [2.45, 2.75) is 63.5 Å². The number of nitrogens with zero attached hydrogens (tertiary/aromatic N) is 2. The smallest absolute Gasteiger partial charge is 0.306 e. The number of hydrogen-bond donors (Lipinski definition) is 1. The summed E-state index contributed by atoms with van der Waals surface area (Å²) in [7, 11) is 1.46. The predicted molar refractivity (Wildman–Crippen MR) is 151 cm³/mol. The quantitative estimate of drug-likeness (QED) is 0.293. The number of carboxylic acid groups (broad SMARTS) is 1. The zero-order valence-corrected chi connectivity index (χ0v) is 23.8. The molecule has 0 amide bonds. The molecule has 6 rings (SSSR count). The first-order valence-electron chi connectivity index (χ1n) is 14.6. The molecule has 3 aromatic rings. The molecule has 1 aliphatic carbocycles. The number of likely N-dealkylation sites (tertiary alicyclic amines) is 1. The second-order valence-electron chi connectivity index (χ2n) is 11.9. The Morgan fingerprint density at radius 2 is 1.98 bits per heavy atom. The second kappa shape index (κ2) is 11.2. The number of halogens is 3. The van der Waals surface area contributed by atoms with Crippen molar-refractivity contribution in [1.82, 2.24) is 9.88 Å². The molecule has 222 valence electrons. The molecule has 0 bridgehead atoms. The summed E-state index contributed by atoms with van der Waals surface area (Å²) in [6.45, 7) is 1.93. The molecule has 1 N–H and O–H groups in total. The van der Waals surface area contributed by atoms with E-state index in [1.807, 2.05) is 36.4 Å². The maximum absolute atomic E-state index is 15.0. The Balaban J connectivity index is 1.32. The molecule has 6 nitrogen and oxygen atoms in total. The van der Waals surface area contributed by atoms with Gasteiger partial charge >= 0.3 is 5.97 Å². The second-order valence-corrected chi connectivity index (χ2v) is 11.9. The topological polar surface area (TPSA) is 71.9 Å². The summed E-state index contributed by atoms with van der Waals surface area (Å²) in [4.78, 5) is 17.5. The number of fused-ring (bicyclic) bond motifs is 1. The molecule has 1 saturated heterocycles. The van der Waals surface area contributed by atoms with Crippen LogP contribution in [0.3, 0.4) is 0 Å². The van der Waals surface area contributed by atoms with E-state index in [0.29, 0.717) is 17.0 Å². The lowest BCUT2D eigenvalue weighted by Gasteiger charge is -2.29. The average Bonchev–Trinajstić information content (AvgIpc) is 3.75. The van der Waals surface area contributed by atoms with E-state index in [2.05, 4.69) is 4.98 Å². The highest BCUT2D eigenvalue weighted by molar-refractivity contribution is 5.71. The number of aryl methyl sites for hydroxylation is 1. The third-order valence-corrected chi connectivity index (χ3v) is 8.95. The Hall–Kier alpha value is -3.59. The molecule has 42 heavy (non-hydrogen) atoms. The summed E-state index contributed by atoms with van der Waals surface area (Å²) in [6, 6.07) is 13.3. The number of methoxy groups -OCH3 is 1. The fourth-order valence-electron chi connectivity index (χ4n) is 6.53. The van der Waals surface area contributed by atoms with Crippen LogP contribution in [0.25, 0.3) is 11.1 Å². The Labute approximate surface area is 243 Å². The van der Waals surface area contributed by atoms with E-state index in [4.69, 9.17) is 9.47 Å². The van der Waals surface area contributed by atoms with Gasteiger partial charge in [-0.3, -0.25) is 9.69 Å². The molecular weight excluding hydrogens is 545 g/mol. The van der Waals surface area contributed by atoms with Crippen molar-refractivity contribution in [2.75, 3.05) is 20.2 Å². The molecule has 2 aromatic carbocycles. The van der Waals surface area contributed by atoms with Gasteiger partial charge in [0.05, 0.1) is 25.8 Å². The highest BCUT2D eigenvalue weighted by Gasteiger charge is 2.40. The monoisotopic (exact) mass is 580 g/mol. The fourth-order valence-corrected chi connectivity index (χ4v) is 6.53. The van der Waals surface area contributed by atoms with Crippen LogP contribution in [0.4, 0.5) is 13.2 Å². The molecule has 1 unspecified atom stereocenters. The van der Waals surface area contributed by atoms with Crippen molar-refractivity contribution in [3.63, 3.8) is 0 Å². The maximum atomic E-state index is 15.0. The first-order valence-corrected chi connectivity index (χ1v) is 14.6. The van der Waals surface area contributed by atoms with Gasteiger partial charge in [0.1, 0.15) is 17.7 Å².